The van der Waals surface area contributed by atoms with E-state index < -0.39 is 0 Å². The first kappa shape index (κ1) is 15.2. The highest BCUT2D eigenvalue weighted by atomic mass is 32.1. The molecule has 24 heavy (non-hydrogen) atoms. The molecule has 0 unspecified atom stereocenters. The lowest BCUT2D eigenvalue weighted by atomic mass is 9.94. The van der Waals surface area contributed by atoms with Crippen LogP contribution in [0.4, 0.5) is 11.6 Å². The predicted molar refractivity (Wildman–Crippen MR) is 96.3 cm³/mol. The Morgan fingerprint density at radius 1 is 1.33 bits per heavy atom. The molecule has 7 heteroatoms. The largest absolute Gasteiger partial charge is 0.370 e. The molecule has 0 radical (unpaired) electrons. The van der Waals surface area contributed by atoms with E-state index in [1.165, 1.54) is 11.3 Å². The smallest absolute Gasteiger partial charge is 0.282 e. The highest BCUT2D eigenvalue weighted by molar-refractivity contribution is 7.18. The number of nitrogen functional groups attached to an aromatic ring is 1. The van der Waals surface area contributed by atoms with Crippen LogP contribution in [0.3, 0.4) is 0 Å². The second kappa shape index (κ2) is 5.32. The van der Waals surface area contributed by atoms with Crippen LogP contribution in [0.5, 0.6) is 0 Å². The van der Waals surface area contributed by atoms with Crippen molar-refractivity contribution in [3.63, 3.8) is 0 Å². The first-order valence-electron chi connectivity index (χ1n) is 7.73. The molecule has 0 atom stereocenters. The fraction of sp³-hybridized carbons (Fsp3) is 0.294. The SMILES string of the molecule is CC1(C)Cc2c(sc3nc(Nc4ccccc4)n(N)c(=O)c23)CO1. The lowest BCUT2D eigenvalue weighted by Crippen LogP contribution is -2.33. The van der Waals surface area contributed by atoms with Gasteiger partial charge in [-0.2, -0.15) is 4.68 Å². The number of fused-ring (bicyclic) bond motifs is 3. The van der Waals surface area contributed by atoms with Crippen molar-refractivity contribution in [2.75, 3.05) is 11.2 Å². The maximum atomic E-state index is 12.8. The number of hydrogen-bond donors (Lipinski definition) is 2. The van der Waals surface area contributed by atoms with E-state index in [1.807, 2.05) is 44.2 Å². The first-order valence-corrected chi connectivity index (χ1v) is 8.55. The molecule has 4 rings (SSSR count). The third kappa shape index (κ3) is 2.46. The van der Waals surface area contributed by atoms with Crippen LogP contribution in [0, 0.1) is 0 Å². The summed E-state index contributed by atoms with van der Waals surface area (Å²) >= 11 is 1.50. The fourth-order valence-corrected chi connectivity index (χ4v) is 4.04. The van der Waals surface area contributed by atoms with Crippen LogP contribution in [0.15, 0.2) is 35.1 Å². The summed E-state index contributed by atoms with van der Waals surface area (Å²) in [5.41, 5.74) is 1.34. The van der Waals surface area contributed by atoms with Crippen LogP contribution in [0.1, 0.15) is 24.3 Å². The van der Waals surface area contributed by atoms with Gasteiger partial charge in [-0.1, -0.05) is 18.2 Å². The molecule has 0 saturated carbocycles. The Bertz CT molecular complexity index is 976. The van der Waals surface area contributed by atoms with E-state index in [9.17, 15) is 4.79 Å². The van der Waals surface area contributed by atoms with Crippen molar-refractivity contribution in [2.45, 2.75) is 32.5 Å². The number of nitrogens with one attached hydrogen (secondary N) is 1. The summed E-state index contributed by atoms with van der Waals surface area (Å²) in [5.74, 6) is 6.34. The van der Waals surface area contributed by atoms with Gasteiger partial charge in [-0.3, -0.25) is 4.79 Å². The molecule has 2 aromatic heterocycles. The Kier molecular flexibility index (Phi) is 3.36. The van der Waals surface area contributed by atoms with Crippen LogP contribution in [0.25, 0.3) is 10.2 Å². The predicted octanol–water partition coefficient (Wildman–Crippen LogP) is 2.77. The molecule has 1 aliphatic heterocycles. The molecular formula is C17H18N4O2S. The monoisotopic (exact) mass is 342 g/mol. The van der Waals surface area contributed by atoms with Gasteiger partial charge in [-0.25, -0.2) is 4.98 Å². The highest BCUT2D eigenvalue weighted by Crippen LogP contribution is 2.37. The summed E-state index contributed by atoms with van der Waals surface area (Å²) in [4.78, 5) is 19.1. The Morgan fingerprint density at radius 3 is 2.83 bits per heavy atom. The quantitative estimate of drug-likeness (QED) is 0.700. The molecule has 1 aromatic carbocycles. The van der Waals surface area contributed by atoms with Crippen LogP contribution in [0.2, 0.25) is 0 Å². The molecule has 3 N–H and O–H groups in total. The maximum Gasteiger partial charge on any atom is 0.282 e. The summed E-state index contributed by atoms with van der Waals surface area (Å²) in [6.07, 6.45) is 0.685. The fourth-order valence-electron chi connectivity index (χ4n) is 2.94. The number of ether oxygens (including phenoxy) is 1. The van der Waals surface area contributed by atoms with Gasteiger partial charge in [0.15, 0.2) is 0 Å². The van der Waals surface area contributed by atoms with Gasteiger partial charge in [-0.05, 0) is 31.5 Å². The summed E-state index contributed by atoms with van der Waals surface area (Å²) < 4.78 is 6.93. The number of para-hydroxylation sites is 1. The molecule has 0 saturated heterocycles. The van der Waals surface area contributed by atoms with Crippen LogP contribution in [-0.2, 0) is 17.8 Å². The van der Waals surface area contributed by atoms with Crippen molar-refractivity contribution in [3.05, 3.63) is 51.1 Å². The maximum absolute atomic E-state index is 12.8. The van der Waals surface area contributed by atoms with Crippen molar-refractivity contribution in [1.82, 2.24) is 9.66 Å². The van der Waals surface area contributed by atoms with Gasteiger partial charge in [-0.15, -0.1) is 11.3 Å². The molecule has 0 spiro atoms. The van der Waals surface area contributed by atoms with E-state index in [-0.39, 0.29) is 11.2 Å². The average molecular weight is 342 g/mol. The van der Waals surface area contributed by atoms with E-state index in [2.05, 4.69) is 10.3 Å². The number of thiophene rings is 1. The van der Waals surface area contributed by atoms with Crippen LogP contribution in [-0.4, -0.2) is 15.3 Å². The van der Waals surface area contributed by atoms with E-state index in [0.29, 0.717) is 29.2 Å². The number of benzene rings is 1. The van der Waals surface area contributed by atoms with Crippen molar-refractivity contribution in [2.24, 2.45) is 0 Å². The van der Waals surface area contributed by atoms with Crippen LogP contribution >= 0.6 is 11.3 Å². The molecular weight excluding hydrogens is 324 g/mol. The standard InChI is InChI=1S/C17H18N4O2S/c1-17(2)8-11-12(9-23-17)24-14-13(11)15(22)21(18)16(20-14)19-10-6-4-3-5-7-10/h3-7H,8-9,18H2,1-2H3,(H,19,20). The molecule has 0 fully saturated rings. The van der Waals surface area contributed by atoms with Crippen LogP contribution < -0.4 is 16.7 Å². The van der Waals surface area contributed by atoms with Crippen molar-refractivity contribution in [1.29, 1.82) is 0 Å². The Labute approximate surface area is 142 Å². The summed E-state index contributed by atoms with van der Waals surface area (Å²) in [7, 11) is 0. The lowest BCUT2D eigenvalue weighted by molar-refractivity contribution is -0.0379. The zero-order valence-corrected chi connectivity index (χ0v) is 14.3. The van der Waals surface area contributed by atoms with Gasteiger partial charge in [0.1, 0.15) is 4.83 Å². The van der Waals surface area contributed by atoms with Gasteiger partial charge >= 0.3 is 0 Å². The van der Waals surface area contributed by atoms with E-state index in [1.54, 1.807) is 0 Å². The third-order valence-electron chi connectivity index (χ3n) is 4.17. The summed E-state index contributed by atoms with van der Waals surface area (Å²) in [6.45, 7) is 4.56. The zero-order chi connectivity index (χ0) is 16.9. The number of rotatable bonds is 2. The highest BCUT2D eigenvalue weighted by Gasteiger charge is 2.31. The normalized spacial score (nSPS) is 16.1. The zero-order valence-electron chi connectivity index (χ0n) is 13.5. The van der Waals surface area contributed by atoms with Gasteiger partial charge in [0.05, 0.1) is 17.6 Å². The Hall–Kier alpha value is -2.38. The van der Waals surface area contributed by atoms with E-state index >= 15 is 0 Å². The van der Waals surface area contributed by atoms with Gasteiger partial charge in [0, 0.05) is 17.0 Å². The molecule has 0 bridgehead atoms. The minimum atomic E-state index is -0.284. The molecule has 3 aromatic rings. The lowest BCUT2D eigenvalue weighted by Gasteiger charge is -2.29. The van der Waals surface area contributed by atoms with Crippen molar-refractivity contribution >= 4 is 33.2 Å². The number of nitrogens with zero attached hydrogens (tertiary/aromatic N) is 2. The first-order chi connectivity index (χ1) is 11.4. The van der Waals surface area contributed by atoms with Gasteiger partial charge in [0.2, 0.25) is 5.95 Å². The number of aromatic nitrogens is 2. The second-order valence-electron chi connectivity index (χ2n) is 6.51. The van der Waals surface area contributed by atoms with Gasteiger partial charge in [0.25, 0.3) is 5.56 Å². The van der Waals surface area contributed by atoms with Gasteiger partial charge < -0.3 is 15.9 Å². The molecule has 0 amide bonds. The topological polar surface area (TPSA) is 82.2 Å². The molecule has 3 heterocycles. The number of hydrogen-bond acceptors (Lipinski definition) is 6. The summed E-state index contributed by atoms with van der Waals surface area (Å²) in [5, 5.41) is 3.72. The number of nitrogens with two attached hydrogens (primary N) is 1. The Balaban J connectivity index is 1.86. The minimum Gasteiger partial charge on any atom is -0.370 e. The third-order valence-corrected chi connectivity index (χ3v) is 5.27. The summed E-state index contributed by atoms with van der Waals surface area (Å²) in [6, 6.07) is 9.52. The second-order valence-corrected chi connectivity index (χ2v) is 7.59. The minimum absolute atomic E-state index is 0.228. The molecule has 6 nitrogen and oxygen atoms in total. The molecule has 1 aliphatic rings. The van der Waals surface area contributed by atoms with E-state index in [0.717, 1.165) is 20.8 Å². The van der Waals surface area contributed by atoms with Crippen molar-refractivity contribution < 1.29 is 4.74 Å². The average Bonchev–Trinajstić information content (AvgIpc) is 2.89. The van der Waals surface area contributed by atoms with Crippen molar-refractivity contribution in [3.8, 4) is 0 Å². The van der Waals surface area contributed by atoms with E-state index in [4.69, 9.17) is 10.6 Å². The Morgan fingerprint density at radius 2 is 2.08 bits per heavy atom. The number of anilines is 2. The molecule has 0 aliphatic carbocycles. The molecule has 124 valence electrons.